The van der Waals surface area contributed by atoms with E-state index in [0.717, 1.165) is 13.0 Å². The number of sulfone groups is 1. The molecule has 0 aliphatic heterocycles. The van der Waals surface area contributed by atoms with Crippen LogP contribution in [0.1, 0.15) is 48.0 Å². The zero-order valence-electron chi connectivity index (χ0n) is 13.5. The molecule has 0 aliphatic carbocycles. The van der Waals surface area contributed by atoms with E-state index in [1.165, 1.54) is 0 Å². The minimum Gasteiger partial charge on any atom is -0.459 e. The Morgan fingerprint density at radius 2 is 1.80 bits per heavy atom. The average molecular weight is 307 g/mol. The van der Waals surface area contributed by atoms with Gasteiger partial charge in [0.25, 0.3) is 0 Å². The van der Waals surface area contributed by atoms with Crippen LogP contribution in [0.4, 0.5) is 0 Å². The third-order valence-corrected chi connectivity index (χ3v) is 4.20. The topological polar surface area (TPSA) is 72.5 Å². The van der Waals surface area contributed by atoms with Gasteiger partial charge in [-0.25, -0.2) is 8.42 Å². The Kier molecular flexibility index (Phi) is 7.73. The molecule has 0 amide bonds. The molecular weight excluding hydrogens is 278 g/mol. The van der Waals surface area contributed by atoms with Crippen LogP contribution in [0.5, 0.6) is 0 Å². The second-order valence-electron chi connectivity index (χ2n) is 6.45. The van der Waals surface area contributed by atoms with Crippen LogP contribution in [0.2, 0.25) is 0 Å². The van der Waals surface area contributed by atoms with Crippen molar-refractivity contribution in [1.29, 1.82) is 0 Å². The van der Waals surface area contributed by atoms with Crippen LogP contribution in [-0.4, -0.2) is 44.1 Å². The summed E-state index contributed by atoms with van der Waals surface area (Å²) >= 11 is 0. The van der Waals surface area contributed by atoms with Crippen LogP contribution in [-0.2, 0) is 19.4 Å². The third kappa shape index (κ3) is 9.31. The van der Waals surface area contributed by atoms with Crippen molar-refractivity contribution in [2.75, 3.05) is 18.1 Å². The SMILES string of the molecule is CCCNC(CS(=O)(=O)CC(=O)OC(C)(C)C)C(C)C. The molecule has 0 fully saturated rings. The molecule has 1 atom stereocenters. The molecule has 6 heteroatoms. The summed E-state index contributed by atoms with van der Waals surface area (Å²) < 4.78 is 29.2. The van der Waals surface area contributed by atoms with E-state index in [9.17, 15) is 13.2 Å². The van der Waals surface area contributed by atoms with Gasteiger partial charge in [-0.05, 0) is 39.7 Å². The summed E-state index contributed by atoms with van der Waals surface area (Å²) in [6.45, 7) is 11.9. The highest BCUT2D eigenvalue weighted by Crippen LogP contribution is 2.10. The number of carbonyl (C=O) groups is 1. The van der Waals surface area contributed by atoms with E-state index >= 15 is 0 Å². The van der Waals surface area contributed by atoms with Crippen LogP contribution < -0.4 is 5.32 Å². The molecule has 5 nitrogen and oxygen atoms in total. The minimum absolute atomic E-state index is 0.0378. The van der Waals surface area contributed by atoms with Gasteiger partial charge in [-0.2, -0.15) is 0 Å². The van der Waals surface area contributed by atoms with E-state index in [4.69, 9.17) is 4.74 Å². The molecule has 0 radical (unpaired) electrons. The molecular formula is C14H29NO4S. The molecule has 120 valence electrons. The predicted octanol–water partition coefficient (Wildman–Crippen LogP) is 1.77. The van der Waals surface area contributed by atoms with Gasteiger partial charge in [0.05, 0.1) is 5.75 Å². The van der Waals surface area contributed by atoms with Crippen molar-refractivity contribution in [1.82, 2.24) is 5.32 Å². The van der Waals surface area contributed by atoms with E-state index in [1.807, 2.05) is 20.8 Å². The third-order valence-electron chi connectivity index (χ3n) is 2.65. The van der Waals surface area contributed by atoms with Crippen molar-refractivity contribution in [3.63, 3.8) is 0 Å². The highest BCUT2D eigenvalue weighted by molar-refractivity contribution is 7.92. The predicted molar refractivity (Wildman–Crippen MR) is 81.4 cm³/mol. The highest BCUT2D eigenvalue weighted by Gasteiger charge is 2.26. The van der Waals surface area contributed by atoms with Gasteiger partial charge in [0, 0.05) is 6.04 Å². The molecule has 0 saturated heterocycles. The number of hydrogen-bond donors (Lipinski definition) is 1. The Hall–Kier alpha value is -0.620. The number of carbonyl (C=O) groups excluding carboxylic acids is 1. The second kappa shape index (κ2) is 7.98. The van der Waals surface area contributed by atoms with Gasteiger partial charge in [-0.3, -0.25) is 4.79 Å². The summed E-state index contributed by atoms with van der Waals surface area (Å²) in [4.78, 5) is 11.6. The molecule has 0 bridgehead atoms. The molecule has 0 aromatic carbocycles. The zero-order valence-corrected chi connectivity index (χ0v) is 14.3. The lowest BCUT2D eigenvalue weighted by Crippen LogP contribution is -2.42. The molecule has 0 rings (SSSR count). The van der Waals surface area contributed by atoms with Crippen LogP contribution in [0.15, 0.2) is 0 Å². The van der Waals surface area contributed by atoms with Gasteiger partial charge in [0.1, 0.15) is 11.4 Å². The number of rotatable bonds is 8. The lowest BCUT2D eigenvalue weighted by Gasteiger charge is -2.23. The second-order valence-corrected chi connectivity index (χ2v) is 8.55. The van der Waals surface area contributed by atoms with Crippen LogP contribution >= 0.6 is 0 Å². The maximum Gasteiger partial charge on any atom is 0.321 e. The number of hydrogen-bond acceptors (Lipinski definition) is 5. The molecule has 1 N–H and O–H groups in total. The molecule has 0 heterocycles. The van der Waals surface area contributed by atoms with Crippen LogP contribution in [0.3, 0.4) is 0 Å². The molecule has 20 heavy (non-hydrogen) atoms. The van der Waals surface area contributed by atoms with E-state index in [0.29, 0.717) is 0 Å². The molecule has 0 saturated carbocycles. The van der Waals surface area contributed by atoms with Gasteiger partial charge in [0.15, 0.2) is 9.84 Å². The first kappa shape index (κ1) is 19.4. The minimum atomic E-state index is -3.46. The first-order valence-electron chi connectivity index (χ1n) is 7.12. The number of ether oxygens (including phenoxy) is 1. The van der Waals surface area contributed by atoms with Gasteiger partial charge in [0.2, 0.25) is 0 Å². The first-order valence-corrected chi connectivity index (χ1v) is 8.94. The van der Waals surface area contributed by atoms with Crippen LogP contribution in [0, 0.1) is 5.92 Å². The molecule has 0 aliphatic rings. The highest BCUT2D eigenvalue weighted by atomic mass is 32.2. The Labute approximate surface area is 123 Å². The lowest BCUT2D eigenvalue weighted by atomic mass is 10.1. The fourth-order valence-electron chi connectivity index (χ4n) is 1.70. The molecule has 0 spiro atoms. The van der Waals surface area contributed by atoms with E-state index < -0.39 is 27.2 Å². The van der Waals surface area contributed by atoms with Gasteiger partial charge in [-0.1, -0.05) is 20.8 Å². The maximum atomic E-state index is 12.1. The van der Waals surface area contributed by atoms with Crippen molar-refractivity contribution < 1.29 is 17.9 Å². The van der Waals surface area contributed by atoms with E-state index in [1.54, 1.807) is 20.8 Å². The zero-order chi connectivity index (χ0) is 16.0. The van der Waals surface area contributed by atoms with Crippen molar-refractivity contribution >= 4 is 15.8 Å². The van der Waals surface area contributed by atoms with Crippen molar-refractivity contribution in [3.05, 3.63) is 0 Å². The van der Waals surface area contributed by atoms with E-state index in [2.05, 4.69) is 5.32 Å². The van der Waals surface area contributed by atoms with Gasteiger partial charge < -0.3 is 10.1 Å². The first-order chi connectivity index (χ1) is 8.97. The fourth-order valence-corrected chi connectivity index (χ4v) is 3.29. The molecule has 0 aromatic heterocycles. The number of nitrogens with one attached hydrogen (secondary N) is 1. The summed E-state index contributed by atoms with van der Waals surface area (Å²) in [6, 6.07) is -0.137. The Bertz CT molecular complexity index is 396. The maximum absolute atomic E-state index is 12.1. The summed E-state index contributed by atoms with van der Waals surface area (Å²) in [5, 5.41) is 3.22. The fraction of sp³-hybridized carbons (Fsp3) is 0.929. The summed E-state index contributed by atoms with van der Waals surface area (Å²) in [6.07, 6.45) is 0.940. The largest absolute Gasteiger partial charge is 0.459 e. The lowest BCUT2D eigenvalue weighted by molar-refractivity contribution is -0.151. The summed E-state index contributed by atoms with van der Waals surface area (Å²) in [5.74, 6) is -1.09. The Balaban J connectivity index is 4.59. The van der Waals surface area contributed by atoms with E-state index in [-0.39, 0.29) is 17.7 Å². The number of esters is 1. The summed E-state index contributed by atoms with van der Waals surface area (Å²) in [5.41, 5.74) is -0.662. The quantitative estimate of drug-likeness (QED) is 0.692. The van der Waals surface area contributed by atoms with Crippen molar-refractivity contribution in [2.45, 2.75) is 59.6 Å². The standard InChI is InChI=1S/C14H29NO4S/c1-7-8-15-12(11(2)3)9-20(17,18)10-13(16)19-14(4,5)6/h11-12,15H,7-10H2,1-6H3. The van der Waals surface area contributed by atoms with Crippen molar-refractivity contribution in [2.24, 2.45) is 5.92 Å². The van der Waals surface area contributed by atoms with Gasteiger partial charge in [-0.15, -0.1) is 0 Å². The monoisotopic (exact) mass is 307 g/mol. The van der Waals surface area contributed by atoms with Crippen molar-refractivity contribution in [3.8, 4) is 0 Å². The average Bonchev–Trinajstić information content (AvgIpc) is 2.19. The summed E-state index contributed by atoms with van der Waals surface area (Å²) in [7, 11) is -3.46. The Morgan fingerprint density at radius 1 is 1.25 bits per heavy atom. The van der Waals surface area contributed by atoms with Gasteiger partial charge >= 0.3 is 5.97 Å². The molecule has 1 unspecified atom stereocenters. The Morgan fingerprint density at radius 3 is 2.20 bits per heavy atom. The normalized spacial score (nSPS) is 14.3. The van der Waals surface area contributed by atoms with Crippen LogP contribution in [0.25, 0.3) is 0 Å². The smallest absolute Gasteiger partial charge is 0.321 e. The molecule has 0 aromatic rings.